The number of hydrogen-bond donors (Lipinski definition) is 0. The molecule has 0 saturated heterocycles. The first-order chi connectivity index (χ1) is 15.8. The monoisotopic (exact) mass is 418 g/mol. The molecule has 1 aliphatic carbocycles. The van der Waals surface area contributed by atoms with Crippen molar-refractivity contribution in [3.63, 3.8) is 0 Å². The van der Waals surface area contributed by atoms with Crippen LogP contribution in [-0.2, 0) is 12.8 Å². The molecule has 0 spiro atoms. The molecule has 0 amide bonds. The second-order valence-corrected chi connectivity index (χ2v) is 9.21. The molecule has 1 saturated carbocycles. The molecule has 7 rings (SSSR count). The summed E-state index contributed by atoms with van der Waals surface area (Å²) in [4.78, 5) is 15.7. The van der Waals surface area contributed by atoms with Crippen LogP contribution in [0.1, 0.15) is 42.9 Å². The first-order valence-electron chi connectivity index (χ1n) is 11.8. The van der Waals surface area contributed by atoms with Crippen molar-refractivity contribution in [3.05, 3.63) is 83.4 Å². The molecule has 4 aromatic rings. The standard InChI is InChI=1S/C28H26N4/c1-3-17-14-15-18(4-2)25-24(17)29-26-27(30-25)32-23-13-9-8-12-20(23)21-16-22(21)28(32)31(26)19-10-6-5-7-11-19/h5-15,21-22,28H,3-4,16H2,1-2H3. The zero-order valence-corrected chi connectivity index (χ0v) is 18.5. The van der Waals surface area contributed by atoms with Crippen LogP contribution in [-0.4, -0.2) is 16.1 Å². The van der Waals surface area contributed by atoms with Crippen molar-refractivity contribution in [3.8, 4) is 0 Å². The minimum atomic E-state index is 0.235. The highest BCUT2D eigenvalue weighted by atomic mass is 15.5. The van der Waals surface area contributed by atoms with E-state index in [-0.39, 0.29) is 6.17 Å². The number of nitrogens with zero attached hydrogens (tertiary/aromatic N) is 4. The Kier molecular flexibility index (Phi) is 3.73. The van der Waals surface area contributed by atoms with E-state index in [1.54, 1.807) is 0 Å². The number of rotatable bonds is 3. The van der Waals surface area contributed by atoms with Crippen LogP contribution in [0.25, 0.3) is 11.0 Å². The Morgan fingerprint density at radius 1 is 0.750 bits per heavy atom. The minimum absolute atomic E-state index is 0.235. The lowest BCUT2D eigenvalue weighted by Gasteiger charge is -2.36. The molecule has 3 heterocycles. The van der Waals surface area contributed by atoms with Gasteiger partial charge in [0, 0.05) is 17.3 Å². The minimum Gasteiger partial charge on any atom is -0.302 e. The molecule has 1 fully saturated rings. The van der Waals surface area contributed by atoms with E-state index in [1.165, 1.54) is 34.5 Å². The second kappa shape index (κ2) is 6.55. The molecule has 4 heteroatoms. The Morgan fingerprint density at radius 2 is 1.38 bits per heavy atom. The van der Waals surface area contributed by atoms with Gasteiger partial charge in [-0.05, 0) is 60.1 Å². The van der Waals surface area contributed by atoms with Gasteiger partial charge in [-0.2, -0.15) is 0 Å². The molecule has 3 aromatic carbocycles. The summed E-state index contributed by atoms with van der Waals surface area (Å²) in [6.45, 7) is 4.41. The first-order valence-corrected chi connectivity index (χ1v) is 11.8. The molecule has 3 unspecified atom stereocenters. The van der Waals surface area contributed by atoms with Crippen molar-refractivity contribution in [2.24, 2.45) is 5.92 Å². The molecule has 32 heavy (non-hydrogen) atoms. The highest BCUT2D eigenvalue weighted by molar-refractivity contribution is 5.93. The molecular weight excluding hydrogens is 392 g/mol. The van der Waals surface area contributed by atoms with Crippen LogP contribution < -0.4 is 9.80 Å². The number of aryl methyl sites for hydroxylation is 2. The first kappa shape index (κ1) is 18.2. The van der Waals surface area contributed by atoms with Crippen molar-refractivity contribution < 1.29 is 0 Å². The molecule has 158 valence electrons. The van der Waals surface area contributed by atoms with Gasteiger partial charge < -0.3 is 9.80 Å². The second-order valence-electron chi connectivity index (χ2n) is 9.21. The smallest absolute Gasteiger partial charge is 0.179 e. The maximum Gasteiger partial charge on any atom is 0.179 e. The molecule has 1 aromatic heterocycles. The van der Waals surface area contributed by atoms with E-state index in [0.29, 0.717) is 11.8 Å². The lowest BCUT2D eigenvalue weighted by Crippen LogP contribution is -2.42. The number of aromatic nitrogens is 2. The fraction of sp³-hybridized carbons (Fsp3) is 0.286. The Bertz CT molecular complexity index is 1360. The van der Waals surface area contributed by atoms with Gasteiger partial charge in [0.05, 0.1) is 11.0 Å². The summed E-state index contributed by atoms with van der Waals surface area (Å²) in [6.07, 6.45) is 3.38. The van der Waals surface area contributed by atoms with Gasteiger partial charge in [-0.25, -0.2) is 9.97 Å². The third-order valence-corrected chi connectivity index (χ3v) is 7.55. The maximum absolute atomic E-state index is 5.37. The van der Waals surface area contributed by atoms with E-state index < -0.39 is 0 Å². The number of hydrogen-bond acceptors (Lipinski definition) is 4. The summed E-state index contributed by atoms with van der Waals surface area (Å²) < 4.78 is 0. The molecule has 0 bridgehead atoms. The van der Waals surface area contributed by atoms with Crippen LogP contribution in [0, 0.1) is 5.92 Å². The number of para-hydroxylation sites is 2. The van der Waals surface area contributed by atoms with Crippen molar-refractivity contribution in [2.45, 2.75) is 45.2 Å². The highest BCUT2D eigenvalue weighted by Gasteiger charge is 2.58. The molecule has 3 aliphatic rings. The van der Waals surface area contributed by atoms with Crippen LogP contribution >= 0.6 is 0 Å². The van der Waals surface area contributed by atoms with Gasteiger partial charge in [0.25, 0.3) is 0 Å². The predicted octanol–water partition coefficient (Wildman–Crippen LogP) is 6.49. The van der Waals surface area contributed by atoms with Gasteiger partial charge in [0.1, 0.15) is 6.17 Å². The SMILES string of the molecule is CCc1ccc(CC)c2nc3c(nc12)N(c1ccccc1)C1C2CC2c2ccccc2N31. The number of fused-ring (bicyclic) bond motifs is 9. The number of benzene rings is 3. The van der Waals surface area contributed by atoms with Gasteiger partial charge in [0.2, 0.25) is 0 Å². The van der Waals surface area contributed by atoms with E-state index in [9.17, 15) is 0 Å². The summed E-state index contributed by atoms with van der Waals surface area (Å²) in [5.41, 5.74) is 8.64. The summed E-state index contributed by atoms with van der Waals surface area (Å²) in [5, 5.41) is 0. The number of anilines is 4. The van der Waals surface area contributed by atoms with Gasteiger partial charge in [0.15, 0.2) is 11.6 Å². The van der Waals surface area contributed by atoms with Crippen molar-refractivity contribution in [1.82, 2.24) is 9.97 Å². The fourth-order valence-electron chi connectivity index (χ4n) is 5.91. The topological polar surface area (TPSA) is 32.3 Å². The average Bonchev–Trinajstić information content (AvgIpc) is 3.58. The van der Waals surface area contributed by atoms with Crippen molar-refractivity contribution >= 4 is 34.0 Å². The maximum atomic E-state index is 5.37. The summed E-state index contributed by atoms with van der Waals surface area (Å²) in [5.74, 6) is 3.24. The largest absolute Gasteiger partial charge is 0.302 e. The zero-order chi connectivity index (χ0) is 21.4. The van der Waals surface area contributed by atoms with Crippen LogP contribution in [0.5, 0.6) is 0 Å². The summed E-state index contributed by atoms with van der Waals surface area (Å²) in [7, 11) is 0. The normalized spacial score (nSPS) is 22.4. The van der Waals surface area contributed by atoms with Crippen LogP contribution in [0.2, 0.25) is 0 Å². The average molecular weight is 419 g/mol. The molecule has 3 atom stereocenters. The van der Waals surface area contributed by atoms with Gasteiger partial charge >= 0.3 is 0 Å². The Balaban J connectivity index is 1.55. The van der Waals surface area contributed by atoms with Crippen LogP contribution in [0.4, 0.5) is 23.0 Å². The molecule has 0 N–H and O–H groups in total. The predicted molar refractivity (Wildman–Crippen MR) is 130 cm³/mol. The quantitative estimate of drug-likeness (QED) is 0.381. The van der Waals surface area contributed by atoms with E-state index in [1.807, 2.05) is 0 Å². The lowest BCUT2D eigenvalue weighted by atomic mass is 9.99. The highest BCUT2D eigenvalue weighted by Crippen LogP contribution is 2.64. The summed E-state index contributed by atoms with van der Waals surface area (Å²) in [6, 6.07) is 24.1. The molecular formula is C28H26N4. The van der Waals surface area contributed by atoms with E-state index in [0.717, 1.165) is 35.5 Å². The Morgan fingerprint density at radius 3 is 2.06 bits per heavy atom. The van der Waals surface area contributed by atoms with Gasteiger partial charge in [-0.1, -0.05) is 62.4 Å². The van der Waals surface area contributed by atoms with Gasteiger partial charge in [-0.3, -0.25) is 0 Å². The van der Waals surface area contributed by atoms with Crippen LogP contribution in [0.15, 0.2) is 66.7 Å². The lowest BCUT2D eigenvalue weighted by molar-refractivity contribution is 0.575. The van der Waals surface area contributed by atoms with E-state index in [2.05, 4.69) is 90.4 Å². The third-order valence-electron chi connectivity index (χ3n) is 7.55. The molecule has 4 nitrogen and oxygen atoms in total. The van der Waals surface area contributed by atoms with Crippen molar-refractivity contribution in [1.29, 1.82) is 0 Å². The van der Waals surface area contributed by atoms with Crippen molar-refractivity contribution in [2.75, 3.05) is 9.80 Å². The fourth-order valence-corrected chi connectivity index (χ4v) is 5.91. The Hall–Kier alpha value is -3.40. The van der Waals surface area contributed by atoms with E-state index >= 15 is 0 Å². The third kappa shape index (κ3) is 2.32. The zero-order valence-electron chi connectivity index (χ0n) is 18.5. The molecule has 0 radical (unpaired) electrons. The van der Waals surface area contributed by atoms with Gasteiger partial charge in [-0.15, -0.1) is 0 Å². The van der Waals surface area contributed by atoms with Crippen LogP contribution in [0.3, 0.4) is 0 Å². The summed E-state index contributed by atoms with van der Waals surface area (Å²) >= 11 is 0. The Labute approximate surface area is 188 Å². The molecule has 2 aliphatic heterocycles. The van der Waals surface area contributed by atoms with E-state index in [4.69, 9.17) is 9.97 Å².